The van der Waals surface area contributed by atoms with Crippen molar-refractivity contribution in [2.45, 2.75) is 83.2 Å². The molecule has 3 heteroatoms. The van der Waals surface area contributed by atoms with Gasteiger partial charge in [-0.2, -0.15) is 0 Å². The van der Waals surface area contributed by atoms with Crippen LogP contribution in [0.5, 0.6) is 0 Å². The number of likely N-dealkylation sites (tertiary alicyclic amines) is 1. The first-order valence-corrected chi connectivity index (χ1v) is 9.33. The SMILES string of the molecule is CCCNC1(CO)CCCC(N2CCC(CCC)CC2)C1. The molecule has 1 aliphatic carbocycles. The monoisotopic (exact) mass is 296 g/mol. The lowest BCUT2D eigenvalue weighted by atomic mass is 9.78. The van der Waals surface area contributed by atoms with Crippen LogP contribution in [0.25, 0.3) is 0 Å². The van der Waals surface area contributed by atoms with E-state index in [2.05, 4.69) is 24.1 Å². The molecule has 3 nitrogen and oxygen atoms in total. The molecule has 124 valence electrons. The van der Waals surface area contributed by atoms with Crippen molar-refractivity contribution >= 4 is 0 Å². The number of hydrogen-bond donors (Lipinski definition) is 2. The Kier molecular flexibility index (Phi) is 6.97. The zero-order valence-corrected chi connectivity index (χ0v) is 14.2. The molecule has 2 atom stereocenters. The topological polar surface area (TPSA) is 35.5 Å². The fourth-order valence-corrected chi connectivity index (χ4v) is 4.41. The number of hydrogen-bond acceptors (Lipinski definition) is 3. The highest BCUT2D eigenvalue weighted by molar-refractivity contribution is 4.97. The first kappa shape index (κ1) is 17.2. The molecule has 0 radical (unpaired) electrons. The standard InChI is InChI=1S/C18H36N2O/c1-3-6-16-8-12-20(13-9-16)17-7-5-10-18(14-17,15-21)19-11-4-2/h16-17,19,21H,3-15H2,1-2H3. The van der Waals surface area contributed by atoms with Gasteiger partial charge in [0.05, 0.1) is 6.61 Å². The Bertz CT molecular complexity index is 289. The van der Waals surface area contributed by atoms with Crippen LogP contribution in [-0.4, -0.2) is 47.8 Å². The summed E-state index contributed by atoms with van der Waals surface area (Å²) in [5, 5.41) is 13.6. The van der Waals surface area contributed by atoms with Crippen LogP contribution in [0.2, 0.25) is 0 Å². The Hall–Kier alpha value is -0.120. The fraction of sp³-hybridized carbons (Fsp3) is 1.00. The highest BCUT2D eigenvalue weighted by Gasteiger charge is 2.38. The molecule has 1 saturated heterocycles. The normalized spacial score (nSPS) is 32.4. The van der Waals surface area contributed by atoms with Gasteiger partial charge < -0.3 is 15.3 Å². The van der Waals surface area contributed by atoms with E-state index >= 15 is 0 Å². The molecular formula is C18H36N2O. The van der Waals surface area contributed by atoms with Crippen LogP contribution in [0.4, 0.5) is 0 Å². The molecule has 0 spiro atoms. The quantitative estimate of drug-likeness (QED) is 0.757. The van der Waals surface area contributed by atoms with Gasteiger partial charge in [-0.05, 0) is 70.5 Å². The van der Waals surface area contributed by atoms with Crippen molar-refractivity contribution in [2.24, 2.45) is 5.92 Å². The highest BCUT2D eigenvalue weighted by atomic mass is 16.3. The Labute approximate surface area is 131 Å². The predicted molar refractivity (Wildman–Crippen MR) is 89.6 cm³/mol. The largest absolute Gasteiger partial charge is 0.394 e. The molecule has 1 aliphatic heterocycles. The summed E-state index contributed by atoms with van der Waals surface area (Å²) in [5.74, 6) is 0.968. The minimum Gasteiger partial charge on any atom is -0.394 e. The summed E-state index contributed by atoms with van der Waals surface area (Å²) < 4.78 is 0. The van der Waals surface area contributed by atoms with Gasteiger partial charge in [-0.1, -0.05) is 26.7 Å². The van der Waals surface area contributed by atoms with Gasteiger partial charge >= 0.3 is 0 Å². The molecule has 2 aliphatic rings. The van der Waals surface area contributed by atoms with Gasteiger partial charge in [-0.25, -0.2) is 0 Å². The lowest BCUT2D eigenvalue weighted by Gasteiger charge is -2.46. The molecule has 0 amide bonds. The number of rotatable bonds is 7. The molecule has 1 heterocycles. The zero-order chi connectivity index (χ0) is 15.1. The number of aliphatic hydroxyl groups excluding tert-OH is 1. The summed E-state index contributed by atoms with van der Waals surface area (Å²) in [4.78, 5) is 2.73. The van der Waals surface area contributed by atoms with Gasteiger partial charge in [0.15, 0.2) is 0 Å². The van der Waals surface area contributed by atoms with Crippen molar-refractivity contribution in [3.05, 3.63) is 0 Å². The zero-order valence-electron chi connectivity index (χ0n) is 14.2. The number of nitrogens with one attached hydrogen (secondary N) is 1. The van der Waals surface area contributed by atoms with Gasteiger partial charge in [-0.15, -0.1) is 0 Å². The molecule has 2 rings (SSSR count). The lowest BCUT2D eigenvalue weighted by molar-refractivity contribution is 0.0419. The predicted octanol–water partition coefficient (Wildman–Crippen LogP) is 3.17. The second-order valence-corrected chi connectivity index (χ2v) is 7.38. The van der Waals surface area contributed by atoms with Crippen LogP contribution in [0.3, 0.4) is 0 Å². The summed E-state index contributed by atoms with van der Waals surface area (Å²) in [5.41, 5.74) is -0.000800. The van der Waals surface area contributed by atoms with E-state index in [1.54, 1.807) is 0 Å². The molecule has 0 bridgehead atoms. The molecule has 1 saturated carbocycles. The first-order valence-electron chi connectivity index (χ1n) is 9.33. The Morgan fingerprint density at radius 1 is 1.14 bits per heavy atom. The Morgan fingerprint density at radius 3 is 2.52 bits per heavy atom. The lowest BCUT2D eigenvalue weighted by Crippen LogP contribution is -2.56. The van der Waals surface area contributed by atoms with Gasteiger partial charge in [0, 0.05) is 11.6 Å². The minimum atomic E-state index is -0.000800. The summed E-state index contributed by atoms with van der Waals surface area (Å²) >= 11 is 0. The second-order valence-electron chi connectivity index (χ2n) is 7.38. The third kappa shape index (κ3) is 4.67. The average molecular weight is 296 g/mol. The van der Waals surface area contributed by atoms with E-state index in [4.69, 9.17) is 0 Å². The van der Waals surface area contributed by atoms with E-state index in [9.17, 15) is 5.11 Å². The molecule has 2 N–H and O–H groups in total. The van der Waals surface area contributed by atoms with Crippen LogP contribution in [0.1, 0.15) is 71.6 Å². The smallest absolute Gasteiger partial charge is 0.0613 e. The first-order chi connectivity index (χ1) is 10.2. The van der Waals surface area contributed by atoms with Crippen molar-refractivity contribution in [3.63, 3.8) is 0 Å². The summed E-state index contributed by atoms with van der Waals surface area (Å²) in [6.07, 6.45) is 11.5. The van der Waals surface area contributed by atoms with E-state index < -0.39 is 0 Å². The van der Waals surface area contributed by atoms with E-state index in [-0.39, 0.29) is 5.54 Å². The van der Waals surface area contributed by atoms with Gasteiger partial charge in [0.25, 0.3) is 0 Å². The molecular weight excluding hydrogens is 260 g/mol. The fourth-order valence-electron chi connectivity index (χ4n) is 4.41. The van der Waals surface area contributed by atoms with E-state index in [0.717, 1.165) is 31.7 Å². The molecule has 0 aromatic rings. The van der Waals surface area contributed by atoms with Crippen molar-refractivity contribution in [1.29, 1.82) is 0 Å². The minimum absolute atomic E-state index is 0.000800. The molecule has 2 unspecified atom stereocenters. The van der Waals surface area contributed by atoms with Crippen LogP contribution in [-0.2, 0) is 0 Å². The third-order valence-electron chi connectivity index (χ3n) is 5.73. The van der Waals surface area contributed by atoms with Gasteiger partial charge in [0.1, 0.15) is 0 Å². The van der Waals surface area contributed by atoms with E-state index in [1.807, 2.05) is 0 Å². The number of aliphatic hydroxyl groups is 1. The number of nitrogens with zero attached hydrogens (tertiary/aromatic N) is 1. The second kappa shape index (κ2) is 8.50. The van der Waals surface area contributed by atoms with Crippen LogP contribution >= 0.6 is 0 Å². The molecule has 21 heavy (non-hydrogen) atoms. The van der Waals surface area contributed by atoms with Crippen LogP contribution in [0.15, 0.2) is 0 Å². The maximum absolute atomic E-state index is 9.92. The van der Waals surface area contributed by atoms with E-state index in [0.29, 0.717) is 12.6 Å². The van der Waals surface area contributed by atoms with Crippen molar-refractivity contribution in [3.8, 4) is 0 Å². The maximum atomic E-state index is 9.92. The van der Waals surface area contributed by atoms with Crippen molar-refractivity contribution in [1.82, 2.24) is 10.2 Å². The third-order valence-corrected chi connectivity index (χ3v) is 5.73. The molecule has 0 aromatic carbocycles. The summed E-state index contributed by atoms with van der Waals surface area (Å²) in [6, 6.07) is 0.692. The van der Waals surface area contributed by atoms with Crippen LogP contribution < -0.4 is 5.32 Å². The Balaban J connectivity index is 1.86. The molecule has 0 aromatic heterocycles. The molecule has 2 fully saturated rings. The summed E-state index contributed by atoms with van der Waals surface area (Å²) in [6.45, 7) is 8.41. The van der Waals surface area contributed by atoms with Crippen molar-refractivity contribution in [2.75, 3.05) is 26.2 Å². The highest BCUT2D eigenvalue weighted by Crippen LogP contribution is 2.33. The van der Waals surface area contributed by atoms with Gasteiger partial charge in [-0.3, -0.25) is 0 Å². The average Bonchev–Trinajstić information content (AvgIpc) is 2.54. The van der Waals surface area contributed by atoms with Gasteiger partial charge in [0.2, 0.25) is 0 Å². The van der Waals surface area contributed by atoms with Crippen LogP contribution in [0, 0.1) is 5.92 Å². The van der Waals surface area contributed by atoms with Crippen molar-refractivity contribution < 1.29 is 5.11 Å². The summed E-state index contributed by atoms with van der Waals surface area (Å²) in [7, 11) is 0. The Morgan fingerprint density at radius 2 is 1.90 bits per heavy atom. The van der Waals surface area contributed by atoms with E-state index in [1.165, 1.54) is 51.6 Å². The number of piperidine rings is 1. The maximum Gasteiger partial charge on any atom is 0.0613 e.